The number of hydrogen-bond donors (Lipinski definition) is 2. The lowest BCUT2D eigenvalue weighted by atomic mass is 10.1. The summed E-state index contributed by atoms with van der Waals surface area (Å²) in [6, 6.07) is 18.1. The first-order chi connectivity index (χ1) is 10.8. The van der Waals surface area contributed by atoms with Crippen molar-refractivity contribution >= 4 is 0 Å². The molecule has 0 radical (unpaired) electrons. The molecule has 0 saturated carbocycles. The van der Waals surface area contributed by atoms with E-state index >= 15 is 0 Å². The quantitative estimate of drug-likeness (QED) is 0.695. The molecule has 0 aliphatic heterocycles. The van der Waals surface area contributed by atoms with E-state index in [-0.39, 0.29) is 0 Å². The summed E-state index contributed by atoms with van der Waals surface area (Å²) in [6.45, 7) is 5.55. The van der Waals surface area contributed by atoms with Crippen LogP contribution in [0.4, 0.5) is 0 Å². The first-order valence-electron chi connectivity index (χ1n) is 7.65. The molecule has 2 aromatic carbocycles. The molecule has 22 heavy (non-hydrogen) atoms. The Bertz CT molecular complexity index is 569. The Morgan fingerprint density at radius 1 is 1.09 bits per heavy atom. The van der Waals surface area contributed by atoms with Crippen LogP contribution in [0.2, 0.25) is 0 Å². The molecule has 0 spiro atoms. The Hall–Kier alpha value is -2.10. The number of benzene rings is 2. The maximum atomic E-state index is 10.0. The van der Waals surface area contributed by atoms with Crippen molar-refractivity contribution in [1.82, 2.24) is 0 Å². The number of hydrogen-bond acceptors (Lipinski definition) is 2. The van der Waals surface area contributed by atoms with Crippen LogP contribution in [0, 0.1) is 0 Å². The van der Waals surface area contributed by atoms with Gasteiger partial charge in [-0.1, -0.05) is 54.6 Å². The number of para-hydroxylation sites is 1. The van der Waals surface area contributed by atoms with E-state index in [2.05, 4.69) is 24.0 Å². The van der Waals surface area contributed by atoms with E-state index in [1.165, 1.54) is 5.56 Å². The molecule has 2 aromatic rings. The van der Waals surface area contributed by atoms with Gasteiger partial charge in [-0.3, -0.25) is 0 Å². The van der Waals surface area contributed by atoms with Crippen LogP contribution in [0.5, 0.6) is 5.75 Å². The Labute approximate surface area is 132 Å². The van der Waals surface area contributed by atoms with E-state index in [4.69, 9.17) is 4.74 Å². The van der Waals surface area contributed by atoms with Crippen molar-refractivity contribution in [2.24, 2.45) is 0 Å². The van der Waals surface area contributed by atoms with Gasteiger partial charge in [0.25, 0.3) is 0 Å². The third kappa shape index (κ3) is 5.35. The zero-order valence-corrected chi connectivity index (χ0v) is 12.8. The summed E-state index contributed by atoms with van der Waals surface area (Å²) < 4.78 is 5.74. The smallest absolute Gasteiger partial charge is 0.137 e. The SMILES string of the molecule is C=CCc1ccccc1OC[C@H](O)C[NH2+]Cc1ccccc1. The highest BCUT2D eigenvalue weighted by molar-refractivity contribution is 5.34. The second kappa shape index (κ2) is 9.03. The van der Waals surface area contributed by atoms with Gasteiger partial charge in [0.15, 0.2) is 0 Å². The fourth-order valence-electron chi connectivity index (χ4n) is 2.28. The Morgan fingerprint density at radius 3 is 2.59 bits per heavy atom. The Kier molecular flexibility index (Phi) is 6.68. The molecule has 0 aromatic heterocycles. The number of ether oxygens (including phenoxy) is 1. The summed E-state index contributed by atoms with van der Waals surface area (Å²) in [7, 11) is 0. The van der Waals surface area contributed by atoms with Crippen molar-refractivity contribution in [3.05, 3.63) is 78.4 Å². The van der Waals surface area contributed by atoms with Crippen molar-refractivity contribution in [3.8, 4) is 5.75 Å². The number of nitrogens with two attached hydrogens (primary N) is 1. The minimum Gasteiger partial charge on any atom is -0.490 e. The van der Waals surface area contributed by atoms with Crippen LogP contribution in [-0.4, -0.2) is 24.4 Å². The van der Waals surface area contributed by atoms with Crippen molar-refractivity contribution in [2.75, 3.05) is 13.2 Å². The van der Waals surface area contributed by atoms with Crippen LogP contribution in [0.3, 0.4) is 0 Å². The van der Waals surface area contributed by atoms with E-state index in [1.807, 2.05) is 48.5 Å². The van der Waals surface area contributed by atoms with Crippen LogP contribution in [0.25, 0.3) is 0 Å². The monoisotopic (exact) mass is 298 g/mol. The first-order valence-corrected chi connectivity index (χ1v) is 7.65. The number of aliphatic hydroxyl groups excluding tert-OH is 1. The largest absolute Gasteiger partial charge is 0.490 e. The molecule has 3 N–H and O–H groups in total. The highest BCUT2D eigenvalue weighted by Crippen LogP contribution is 2.18. The number of allylic oxidation sites excluding steroid dienone is 1. The van der Waals surface area contributed by atoms with Crippen LogP contribution in [0.1, 0.15) is 11.1 Å². The fraction of sp³-hybridized carbons (Fsp3) is 0.263. The highest BCUT2D eigenvalue weighted by Gasteiger charge is 2.09. The predicted octanol–water partition coefficient (Wildman–Crippen LogP) is 1.92. The van der Waals surface area contributed by atoms with E-state index in [1.54, 1.807) is 0 Å². The average molecular weight is 298 g/mol. The minimum atomic E-state index is -0.486. The summed E-state index contributed by atoms with van der Waals surface area (Å²) in [5.74, 6) is 0.824. The molecule has 0 amide bonds. The third-order valence-corrected chi connectivity index (χ3v) is 3.43. The molecule has 2 rings (SSSR count). The molecule has 0 heterocycles. The highest BCUT2D eigenvalue weighted by atomic mass is 16.5. The minimum absolute atomic E-state index is 0.305. The third-order valence-electron chi connectivity index (χ3n) is 3.43. The summed E-state index contributed by atoms with van der Waals surface area (Å²) in [5.41, 5.74) is 2.35. The molecule has 0 fully saturated rings. The number of quaternary nitrogens is 1. The summed E-state index contributed by atoms with van der Waals surface area (Å²) in [4.78, 5) is 0. The lowest BCUT2D eigenvalue weighted by Crippen LogP contribution is -2.85. The molecule has 0 aliphatic carbocycles. The van der Waals surface area contributed by atoms with Gasteiger partial charge >= 0.3 is 0 Å². The van der Waals surface area contributed by atoms with Gasteiger partial charge in [-0.15, -0.1) is 6.58 Å². The molecule has 3 heteroatoms. The van der Waals surface area contributed by atoms with Crippen LogP contribution in [-0.2, 0) is 13.0 Å². The molecule has 116 valence electrons. The van der Waals surface area contributed by atoms with Crippen LogP contribution < -0.4 is 10.1 Å². The zero-order valence-electron chi connectivity index (χ0n) is 12.8. The fourth-order valence-corrected chi connectivity index (χ4v) is 2.28. The normalized spacial score (nSPS) is 11.9. The lowest BCUT2D eigenvalue weighted by molar-refractivity contribution is -0.676. The summed E-state index contributed by atoms with van der Waals surface area (Å²) >= 11 is 0. The maximum Gasteiger partial charge on any atom is 0.137 e. The van der Waals surface area contributed by atoms with Crippen LogP contribution in [0.15, 0.2) is 67.3 Å². The molecule has 3 nitrogen and oxygen atoms in total. The summed E-state index contributed by atoms with van der Waals surface area (Å²) in [5, 5.41) is 12.1. The maximum absolute atomic E-state index is 10.0. The van der Waals surface area contributed by atoms with Gasteiger partial charge in [0.05, 0.1) is 0 Å². The van der Waals surface area contributed by atoms with E-state index < -0.39 is 6.10 Å². The molecule has 0 saturated heterocycles. The van der Waals surface area contributed by atoms with E-state index in [9.17, 15) is 5.11 Å². The van der Waals surface area contributed by atoms with Crippen molar-refractivity contribution in [1.29, 1.82) is 0 Å². The van der Waals surface area contributed by atoms with Gasteiger partial charge < -0.3 is 15.2 Å². The predicted molar refractivity (Wildman–Crippen MR) is 88.8 cm³/mol. The van der Waals surface area contributed by atoms with E-state index in [0.717, 1.165) is 24.3 Å². The number of rotatable bonds is 9. The molecule has 0 aliphatic rings. The van der Waals surface area contributed by atoms with E-state index in [0.29, 0.717) is 13.2 Å². The topological polar surface area (TPSA) is 46.1 Å². The molecular formula is C19H24NO2+. The van der Waals surface area contributed by atoms with Crippen molar-refractivity contribution < 1.29 is 15.2 Å². The lowest BCUT2D eigenvalue weighted by Gasteiger charge is -2.13. The Balaban J connectivity index is 1.73. The summed E-state index contributed by atoms with van der Waals surface area (Å²) in [6.07, 6.45) is 2.14. The first kappa shape index (κ1) is 16.3. The van der Waals surface area contributed by atoms with Gasteiger partial charge in [0, 0.05) is 5.56 Å². The van der Waals surface area contributed by atoms with Gasteiger partial charge in [-0.05, 0) is 18.1 Å². The van der Waals surface area contributed by atoms with Crippen molar-refractivity contribution in [3.63, 3.8) is 0 Å². The molecule has 0 unspecified atom stereocenters. The van der Waals surface area contributed by atoms with Gasteiger partial charge in [0.2, 0.25) is 0 Å². The average Bonchev–Trinajstić information content (AvgIpc) is 2.55. The standard InChI is InChI=1S/C19H23NO2/c1-2-8-17-11-6-7-12-19(17)22-15-18(21)14-20-13-16-9-4-3-5-10-16/h2-7,9-12,18,20-21H,1,8,13-15H2/p+1/t18-/m1/s1. The molecule has 0 bridgehead atoms. The Morgan fingerprint density at radius 2 is 1.82 bits per heavy atom. The van der Waals surface area contributed by atoms with Gasteiger partial charge in [0.1, 0.15) is 31.5 Å². The number of aliphatic hydroxyl groups is 1. The van der Waals surface area contributed by atoms with Crippen LogP contribution >= 0.6 is 0 Å². The zero-order chi connectivity index (χ0) is 15.6. The molecule has 1 atom stereocenters. The van der Waals surface area contributed by atoms with Gasteiger partial charge in [-0.2, -0.15) is 0 Å². The second-order valence-corrected chi connectivity index (χ2v) is 5.28. The second-order valence-electron chi connectivity index (χ2n) is 5.28. The molecular weight excluding hydrogens is 274 g/mol. The van der Waals surface area contributed by atoms with Crippen molar-refractivity contribution in [2.45, 2.75) is 19.1 Å². The van der Waals surface area contributed by atoms with Gasteiger partial charge in [-0.25, -0.2) is 0 Å².